The van der Waals surface area contributed by atoms with E-state index < -0.39 is 12.0 Å². The van der Waals surface area contributed by atoms with Crippen molar-refractivity contribution in [3.8, 4) is 0 Å². The van der Waals surface area contributed by atoms with Crippen molar-refractivity contribution in [2.75, 3.05) is 19.6 Å². The third-order valence-electron chi connectivity index (χ3n) is 5.79. The smallest absolute Gasteiger partial charge is 0.326 e. The van der Waals surface area contributed by atoms with Crippen molar-refractivity contribution in [3.05, 3.63) is 0 Å². The molecule has 2 amide bonds. The first kappa shape index (κ1) is 14.7. The summed E-state index contributed by atoms with van der Waals surface area (Å²) in [4.78, 5) is 27.3. The molecule has 0 radical (unpaired) electrons. The number of hydrogen-bond donors (Lipinski definition) is 1. The molecule has 0 bridgehead atoms. The SMILES string of the molecule is O=C(O)[C@@H]1CCCN1C(=O)N1CCC2(CCCCC2)CC1. The molecule has 0 aromatic carbocycles. The molecule has 1 atom stereocenters. The number of aliphatic carboxylic acids is 1. The number of carboxylic acids is 1. The third kappa shape index (κ3) is 2.87. The zero-order chi connectivity index (χ0) is 14.9. The number of carbonyl (C=O) groups excluding carboxylic acids is 1. The second kappa shape index (κ2) is 5.85. The molecule has 5 nitrogen and oxygen atoms in total. The van der Waals surface area contributed by atoms with Crippen LogP contribution in [0.4, 0.5) is 4.79 Å². The number of carbonyl (C=O) groups is 2. The van der Waals surface area contributed by atoms with Crippen molar-refractivity contribution in [3.63, 3.8) is 0 Å². The van der Waals surface area contributed by atoms with Gasteiger partial charge in [0.25, 0.3) is 0 Å². The van der Waals surface area contributed by atoms with Gasteiger partial charge in [-0.05, 0) is 43.9 Å². The standard InChI is InChI=1S/C16H26N2O3/c19-14(20)13-5-4-10-18(13)15(21)17-11-8-16(9-12-17)6-2-1-3-7-16/h13H,1-12H2,(H,19,20)/t13-/m0/s1. The number of urea groups is 1. The topological polar surface area (TPSA) is 60.9 Å². The van der Waals surface area contributed by atoms with E-state index in [4.69, 9.17) is 0 Å². The van der Waals surface area contributed by atoms with Crippen LogP contribution in [-0.4, -0.2) is 52.6 Å². The van der Waals surface area contributed by atoms with Crippen LogP contribution in [-0.2, 0) is 4.79 Å². The third-order valence-corrected chi connectivity index (χ3v) is 5.79. The number of amides is 2. The lowest BCUT2D eigenvalue weighted by Crippen LogP contribution is -2.52. The van der Waals surface area contributed by atoms with Crippen molar-refractivity contribution >= 4 is 12.0 Å². The molecule has 1 N–H and O–H groups in total. The maximum atomic E-state index is 12.6. The molecule has 2 heterocycles. The van der Waals surface area contributed by atoms with Crippen LogP contribution in [0.25, 0.3) is 0 Å². The van der Waals surface area contributed by atoms with E-state index in [9.17, 15) is 14.7 Å². The molecule has 0 aromatic rings. The minimum atomic E-state index is -0.860. The maximum absolute atomic E-state index is 12.6. The van der Waals surface area contributed by atoms with Gasteiger partial charge in [-0.1, -0.05) is 19.3 Å². The van der Waals surface area contributed by atoms with Gasteiger partial charge in [-0.15, -0.1) is 0 Å². The molecule has 118 valence electrons. The molecule has 21 heavy (non-hydrogen) atoms. The number of rotatable bonds is 1. The predicted molar refractivity (Wildman–Crippen MR) is 79.1 cm³/mol. The van der Waals surface area contributed by atoms with Gasteiger partial charge in [0.05, 0.1) is 0 Å². The quantitative estimate of drug-likeness (QED) is 0.809. The van der Waals surface area contributed by atoms with Crippen molar-refractivity contribution in [1.29, 1.82) is 0 Å². The molecule has 1 saturated carbocycles. The van der Waals surface area contributed by atoms with E-state index in [2.05, 4.69) is 0 Å². The zero-order valence-electron chi connectivity index (χ0n) is 12.7. The first-order valence-corrected chi connectivity index (χ1v) is 8.40. The van der Waals surface area contributed by atoms with Crippen molar-refractivity contribution in [2.45, 2.75) is 63.8 Å². The van der Waals surface area contributed by atoms with Crippen LogP contribution in [0, 0.1) is 5.41 Å². The van der Waals surface area contributed by atoms with E-state index in [1.54, 1.807) is 4.90 Å². The molecular formula is C16H26N2O3. The molecular weight excluding hydrogens is 268 g/mol. The number of nitrogens with zero attached hydrogens (tertiary/aromatic N) is 2. The average molecular weight is 294 g/mol. The molecule has 0 unspecified atom stereocenters. The highest BCUT2D eigenvalue weighted by atomic mass is 16.4. The summed E-state index contributed by atoms with van der Waals surface area (Å²) in [5, 5.41) is 9.22. The minimum Gasteiger partial charge on any atom is -0.480 e. The fourth-order valence-corrected chi connectivity index (χ4v) is 4.41. The van der Waals surface area contributed by atoms with Crippen LogP contribution < -0.4 is 0 Å². The number of hydrogen-bond acceptors (Lipinski definition) is 2. The summed E-state index contributed by atoms with van der Waals surface area (Å²) in [6.07, 6.45) is 10.3. The highest BCUT2D eigenvalue weighted by Gasteiger charge is 2.40. The summed E-state index contributed by atoms with van der Waals surface area (Å²) in [6.45, 7) is 2.21. The normalized spacial score (nSPS) is 28.9. The Morgan fingerprint density at radius 3 is 2.19 bits per heavy atom. The lowest BCUT2D eigenvalue weighted by Gasteiger charge is -2.45. The Labute approximate surface area is 126 Å². The monoisotopic (exact) mass is 294 g/mol. The molecule has 5 heteroatoms. The lowest BCUT2D eigenvalue weighted by atomic mass is 9.68. The highest BCUT2D eigenvalue weighted by Crippen LogP contribution is 2.44. The lowest BCUT2D eigenvalue weighted by molar-refractivity contribution is -0.141. The van der Waals surface area contributed by atoms with Crippen molar-refractivity contribution < 1.29 is 14.7 Å². The first-order chi connectivity index (χ1) is 10.1. The van der Waals surface area contributed by atoms with E-state index in [1.807, 2.05) is 4.90 Å². The Morgan fingerprint density at radius 1 is 0.905 bits per heavy atom. The molecule has 0 aromatic heterocycles. The summed E-state index contributed by atoms with van der Waals surface area (Å²) in [7, 11) is 0. The zero-order valence-corrected chi connectivity index (χ0v) is 12.7. The Balaban J connectivity index is 1.58. The minimum absolute atomic E-state index is 0.0504. The van der Waals surface area contributed by atoms with Crippen molar-refractivity contribution in [1.82, 2.24) is 9.80 Å². The molecule has 3 fully saturated rings. The summed E-state index contributed by atoms with van der Waals surface area (Å²) >= 11 is 0. The Bertz CT molecular complexity index is 408. The number of piperidine rings is 1. The predicted octanol–water partition coefficient (Wildman–Crippen LogP) is 2.70. The summed E-state index contributed by atoms with van der Waals surface area (Å²) in [6, 6.07) is -0.659. The second-order valence-corrected chi connectivity index (χ2v) is 7.02. The summed E-state index contributed by atoms with van der Waals surface area (Å²) < 4.78 is 0. The van der Waals surface area contributed by atoms with Gasteiger partial charge in [-0.2, -0.15) is 0 Å². The fourth-order valence-electron chi connectivity index (χ4n) is 4.41. The Morgan fingerprint density at radius 2 is 1.57 bits per heavy atom. The first-order valence-electron chi connectivity index (χ1n) is 8.40. The molecule has 1 aliphatic carbocycles. The van der Waals surface area contributed by atoms with E-state index in [1.165, 1.54) is 32.1 Å². The molecule has 3 aliphatic rings. The van der Waals surface area contributed by atoms with Crippen LogP contribution in [0.3, 0.4) is 0 Å². The maximum Gasteiger partial charge on any atom is 0.326 e. The Kier molecular flexibility index (Phi) is 4.09. The number of likely N-dealkylation sites (tertiary alicyclic amines) is 2. The molecule has 2 aliphatic heterocycles. The van der Waals surface area contributed by atoms with E-state index in [-0.39, 0.29) is 6.03 Å². The van der Waals surface area contributed by atoms with Gasteiger partial charge >= 0.3 is 12.0 Å². The molecule has 1 spiro atoms. The highest BCUT2D eigenvalue weighted by molar-refractivity contribution is 5.83. The van der Waals surface area contributed by atoms with Gasteiger partial charge in [0.15, 0.2) is 0 Å². The van der Waals surface area contributed by atoms with Gasteiger partial charge in [0.2, 0.25) is 0 Å². The summed E-state index contributed by atoms with van der Waals surface area (Å²) in [5.41, 5.74) is 0.478. The van der Waals surface area contributed by atoms with Gasteiger partial charge in [-0.25, -0.2) is 9.59 Å². The molecule has 3 rings (SSSR count). The van der Waals surface area contributed by atoms with Crippen LogP contribution in [0.15, 0.2) is 0 Å². The second-order valence-electron chi connectivity index (χ2n) is 7.02. The fraction of sp³-hybridized carbons (Fsp3) is 0.875. The van der Waals surface area contributed by atoms with Gasteiger partial charge in [0, 0.05) is 19.6 Å². The average Bonchev–Trinajstić information content (AvgIpc) is 2.98. The van der Waals surface area contributed by atoms with Crippen LogP contribution >= 0.6 is 0 Å². The Hall–Kier alpha value is -1.26. The van der Waals surface area contributed by atoms with E-state index >= 15 is 0 Å². The van der Waals surface area contributed by atoms with Gasteiger partial charge in [-0.3, -0.25) is 0 Å². The summed E-state index contributed by atoms with van der Waals surface area (Å²) in [5.74, 6) is -0.860. The van der Waals surface area contributed by atoms with Crippen molar-refractivity contribution in [2.24, 2.45) is 5.41 Å². The van der Waals surface area contributed by atoms with Gasteiger partial charge < -0.3 is 14.9 Å². The van der Waals surface area contributed by atoms with Gasteiger partial charge in [0.1, 0.15) is 6.04 Å². The number of carboxylic acid groups (broad SMARTS) is 1. The van der Waals surface area contributed by atoms with Crippen LogP contribution in [0.1, 0.15) is 57.8 Å². The van der Waals surface area contributed by atoms with E-state index in [0.717, 1.165) is 32.4 Å². The van der Waals surface area contributed by atoms with Crippen LogP contribution in [0.2, 0.25) is 0 Å². The molecule has 2 saturated heterocycles. The van der Waals surface area contributed by atoms with E-state index in [0.29, 0.717) is 18.4 Å². The van der Waals surface area contributed by atoms with Crippen LogP contribution in [0.5, 0.6) is 0 Å². The largest absolute Gasteiger partial charge is 0.480 e.